The van der Waals surface area contributed by atoms with Crippen LogP contribution in [-0.2, 0) is 6.54 Å². The number of ether oxygens (including phenoxy) is 2. The molecule has 0 fully saturated rings. The molecule has 2 aromatic carbocycles. The van der Waals surface area contributed by atoms with Gasteiger partial charge in [0, 0.05) is 41.9 Å². The minimum Gasteiger partial charge on any atom is -0.493 e. The molecule has 0 amide bonds. The van der Waals surface area contributed by atoms with Crippen LogP contribution in [0.25, 0.3) is 11.3 Å². The van der Waals surface area contributed by atoms with Crippen LogP contribution in [-0.4, -0.2) is 53.2 Å². The number of nitrogens with one attached hydrogen (secondary N) is 1. The molecule has 0 saturated heterocycles. The van der Waals surface area contributed by atoms with E-state index in [-0.39, 0.29) is 0 Å². The van der Waals surface area contributed by atoms with E-state index in [1.807, 2.05) is 54.2 Å². The zero-order chi connectivity index (χ0) is 23.6. The average molecular weight is 477 g/mol. The Hall–Kier alpha value is -3.03. The number of rotatable bonds is 5. The summed E-state index contributed by atoms with van der Waals surface area (Å²) in [4.78, 5) is 11.4. The molecule has 0 spiro atoms. The maximum Gasteiger partial charge on any atom is 0.227 e. The lowest BCUT2D eigenvalue weighted by Crippen LogP contribution is -2.18. The molecule has 1 aromatic heterocycles. The van der Waals surface area contributed by atoms with Crippen LogP contribution in [0, 0.1) is 0 Å². The van der Waals surface area contributed by atoms with Gasteiger partial charge in [0.2, 0.25) is 5.95 Å². The predicted molar refractivity (Wildman–Crippen MR) is 141 cm³/mol. The van der Waals surface area contributed by atoms with Crippen molar-refractivity contribution in [2.75, 3.05) is 43.6 Å². The molecule has 6 bridgehead atoms. The Morgan fingerprint density at radius 2 is 2.09 bits per heavy atom. The molecule has 7 heteroatoms. The number of likely N-dealkylation sites (N-methyl/N-ethyl adjacent to an activating group) is 1. The van der Waals surface area contributed by atoms with E-state index in [4.69, 9.17) is 14.5 Å². The summed E-state index contributed by atoms with van der Waals surface area (Å²) in [5, 5.41) is 3.37. The number of thioether (sulfide) groups is 1. The average Bonchev–Trinajstić information content (AvgIpc) is 2.85. The molecule has 178 valence electrons. The highest BCUT2D eigenvalue weighted by atomic mass is 32.2. The van der Waals surface area contributed by atoms with Crippen molar-refractivity contribution in [3.63, 3.8) is 0 Å². The minimum atomic E-state index is 0.556. The molecule has 4 rings (SSSR count). The van der Waals surface area contributed by atoms with Crippen molar-refractivity contribution in [2.45, 2.75) is 19.9 Å². The third-order valence-corrected chi connectivity index (χ3v) is 6.23. The minimum absolute atomic E-state index is 0.556. The first-order chi connectivity index (χ1) is 16.7. The fraction of sp³-hybridized carbons (Fsp3) is 0.333. The molecule has 34 heavy (non-hydrogen) atoms. The van der Waals surface area contributed by atoms with Gasteiger partial charge >= 0.3 is 0 Å². The Balaban J connectivity index is 1.63. The van der Waals surface area contributed by atoms with Gasteiger partial charge in [-0.25, -0.2) is 9.97 Å². The van der Waals surface area contributed by atoms with Crippen LogP contribution in [0.1, 0.15) is 18.9 Å². The molecule has 1 aliphatic heterocycles. The molecular formula is C27H32N4O2S. The Morgan fingerprint density at radius 3 is 3.00 bits per heavy atom. The Bertz CT molecular complexity index is 1110. The summed E-state index contributed by atoms with van der Waals surface area (Å²) < 4.78 is 12.1. The summed E-state index contributed by atoms with van der Waals surface area (Å²) in [5.41, 5.74) is 3.91. The van der Waals surface area contributed by atoms with Crippen molar-refractivity contribution in [3.8, 4) is 22.8 Å². The van der Waals surface area contributed by atoms with Gasteiger partial charge < -0.3 is 14.8 Å². The Labute approximate surface area is 206 Å². The van der Waals surface area contributed by atoms with Gasteiger partial charge in [-0.1, -0.05) is 31.2 Å². The van der Waals surface area contributed by atoms with Crippen LogP contribution >= 0.6 is 11.8 Å². The first-order valence-corrected chi connectivity index (χ1v) is 12.9. The number of hydrogen-bond acceptors (Lipinski definition) is 7. The monoisotopic (exact) mass is 476 g/mol. The second kappa shape index (κ2) is 12.4. The molecule has 6 nitrogen and oxygen atoms in total. The van der Waals surface area contributed by atoms with Gasteiger partial charge in [-0.05, 0) is 55.6 Å². The van der Waals surface area contributed by atoms with Crippen LogP contribution in [0.2, 0.25) is 0 Å². The molecule has 3 aromatic rings. The molecule has 0 saturated carbocycles. The van der Waals surface area contributed by atoms with Gasteiger partial charge in [-0.15, -0.1) is 0 Å². The lowest BCUT2D eigenvalue weighted by atomic mass is 10.1. The van der Waals surface area contributed by atoms with Crippen LogP contribution in [0.5, 0.6) is 11.5 Å². The lowest BCUT2D eigenvalue weighted by molar-refractivity contribution is 0.318. The summed E-state index contributed by atoms with van der Waals surface area (Å²) in [7, 11) is 2.12. The van der Waals surface area contributed by atoms with Crippen molar-refractivity contribution in [1.82, 2.24) is 14.9 Å². The predicted octanol–water partition coefficient (Wildman–Crippen LogP) is 5.79. The number of aromatic nitrogens is 2. The van der Waals surface area contributed by atoms with E-state index < -0.39 is 0 Å². The molecule has 1 N–H and O–H groups in total. The van der Waals surface area contributed by atoms with E-state index >= 15 is 0 Å². The van der Waals surface area contributed by atoms with Crippen LogP contribution in [0.3, 0.4) is 0 Å². The van der Waals surface area contributed by atoms with E-state index in [2.05, 4.69) is 47.4 Å². The van der Waals surface area contributed by atoms with Crippen LogP contribution in [0.15, 0.2) is 66.9 Å². The second-order valence-corrected chi connectivity index (χ2v) is 9.49. The normalized spacial score (nSPS) is 15.4. The number of hydrogen-bond donors (Lipinski definition) is 1. The zero-order valence-electron chi connectivity index (χ0n) is 19.9. The highest BCUT2D eigenvalue weighted by Crippen LogP contribution is 2.27. The number of benzene rings is 2. The van der Waals surface area contributed by atoms with E-state index in [0.717, 1.165) is 65.0 Å². The van der Waals surface area contributed by atoms with Gasteiger partial charge in [-0.2, -0.15) is 11.8 Å². The largest absolute Gasteiger partial charge is 0.493 e. The topological polar surface area (TPSA) is 59.5 Å². The smallest absolute Gasteiger partial charge is 0.227 e. The highest BCUT2D eigenvalue weighted by molar-refractivity contribution is 7.99. The van der Waals surface area contributed by atoms with Gasteiger partial charge in [0.25, 0.3) is 0 Å². The first-order valence-electron chi connectivity index (χ1n) is 11.7. The fourth-order valence-corrected chi connectivity index (χ4v) is 4.19. The molecule has 0 radical (unpaired) electrons. The zero-order valence-corrected chi connectivity index (χ0v) is 20.7. The van der Waals surface area contributed by atoms with Crippen molar-refractivity contribution < 1.29 is 9.47 Å². The number of nitrogens with zero attached hydrogens (tertiary/aromatic N) is 3. The van der Waals surface area contributed by atoms with E-state index in [1.54, 1.807) is 6.20 Å². The second-order valence-electron chi connectivity index (χ2n) is 8.09. The van der Waals surface area contributed by atoms with E-state index in [9.17, 15) is 0 Å². The Morgan fingerprint density at radius 1 is 1.15 bits per heavy atom. The number of anilines is 2. The number of fused-ring (bicyclic) bond motifs is 7. The van der Waals surface area contributed by atoms with Crippen LogP contribution < -0.4 is 14.8 Å². The summed E-state index contributed by atoms with van der Waals surface area (Å²) >= 11 is 1.89. The maximum absolute atomic E-state index is 6.13. The molecule has 2 heterocycles. The quantitative estimate of drug-likeness (QED) is 0.369. The molecular weight excluding hydrogens is 444 g/mol. The third-order valence-electron chi connectivity index (χ3n) is 5.37. The van der Waals surface area contributed by atoms with E-state index in [0.29, 0.717) is 19.2 Å². The van der Waals surface area contributed by atoms with Crippen LogP contribution in [0.4, 0.5) is 11.6 Å². The standard InChI is InChI=1S/C27H32N4O2S/c1-3-34-17-16-33-26-11-10-23-18-22(26)20-31(2)14-5-4-6-15-32-24-9-7-8-21(19-24)25-12-13-28-27(29-23)30-25/h4-5,7-13,18-19H,3,6,14-17,20H2,1-2H3,(H,28,29,30)/b5-4+. The maximum atomic E-state index is 6.13. The lowest BCUT2D eigenvalue weighted by Gasteiger charge is -2.19. The highest BCUT2D eigenvalue weighted by Gasteiger charge is 2.11. The van der Waals surface area contributed by atoms with Gasteiger partial charge in [-0.3, -0.25) is 4.90 Å². The van der Waals surface area contributed by atoms with E-state index in [1.165, 1.54) is 0 Å². The van der Waals surface area contributed by atoms with Gasteiger partial charge in [0.05, 0.1) is 18.9 Å². The third kappa shape index (κ3) is 6.98. The molecule has 0 unspecified atom stereocenters. The molecule has 1 aliphatic rings. The summed E-state index contributed by atoms with van der Waals surface area (Å²) in [6.45, 7) is 5.13. The SMILES string of the molecule is CCSCCOc1ccc2cc1CN(C)C/C=C/CCOc1cccc(c1)-c1ccnc(n1)N2. The van der Waals surface area contributed by atoms with Crippen molar-refractivity contribution in [3.05, 3.63) is 72.4 Å². The summed E-state index contributed by atoms with van der Waals surface area (Å²) in [6.07, 6.45) is 7.01. The molecule has 0 atom stereocenters. The summed E-state index contributed by atoms with van der Waals surface area (Å²) in [6, 6.07) is 16.1. The molecule has 0 aliphatic carbocycles. The van der Waals surface area contributed by atoms with Crippen molar-refractivity contribution >= 4 is 23.4 Å². The Kier molecular flexibility index (Phi) is 8.82. The fourth-order valence-electron chi connectivity index (χ4n) is 3.70. The van der Waals surface area contributed by atoms with Crippen molar-refractivity contribution in [1.29, 1.82) is 0 Å². The van der Waals surface area contributed by atoms with Gasteiger partial charge in [0.15, 0.2) is 0 Å². The first kappa shape index (κ1) is 24.1. The van der Waals surface area contributed by atoms with Gasteiger partial charge in [0.1, 0.15) is 11.5 Å². The summed E-state index contributed by atoms with van der Waals surface area (Å²) in [5.74, 6) is 4.41. The van der Waals surface area contributed by atoms with Crippen molar-refractivity contribution in [2.24, 2.45) is 0 Å².